The van der Waals surface area contributed by atoms with Crippen LogP contribution in [0, 0.1) is 5.92 Å². The predicted octanol–water partition coefficient (Wildman–Crippen LogP) is 3.20. The molecular weight excluding hydrogens is 340 g/mol. The van der Waals surface area contributed by atoms with Gasteiger partial charge in [0.25, 0.3) is 0 Å². The van der Waals surface area contributed by atoms with Crippen molar-refractivity contribution in [3.63, 3.8) is 0 Å². The van der Waals surface area contributed by atoms with Gasteiger partial charge in [-0.25, -0.2) is 8.42 Å². The maximum absolute atomic E-state index is 12.1. The molecule has 0 spiro atoms. The standard InChI is InChI=1S/C15H23BrO3S/c1-15(2,3)20(18,19)9-8-13(11-17)10-12-4-6-14(16)7-5-12/h4-7,13,17H,8-11H2,1-3H3. The van der Waals surface area contributed by atoms with E-state index in [4.69, 9.17) is 0 Å². The summed E-state index contributed by atoms with van der Waals surface area (Å²) in [7, 11) is -3.12. The minimum atomic E-state index is -3.12. The highest BCUT2D eigenvalue weighted by Gasteiger charge is 2.29. The summed E-state index contributed by atoms with van der Waals surface area (Å²) in [6.45, 7) is 5.15. The molecule has 0 radical (unpaired) electrons. The number of hydrogen-bond acceptors (Lipinski definition) is 3. The van der Waals surface area contributed by atoms with Crippen LogP contribution in [0.4, 0.5) is 0 Å². The molecule has 0 bridgehead atoms. The molecule has 1 aromatic carbocycles. The van der Waals surface area contributed by atoms with Crippen molar-refractivity contribution in [1.29, 1.82) is 0 Å². The third-order valence-electron chi connectivity index (χ3n) is 3.42. The SMILES string of the molecule is CC(C)(C)S(=O)(=O)CCC(CO)Cc1ccc(Br)cc1. The molecule has 20 heavy (non-hydrogen) atoms. The van der Waals surface area contributed by atoms with Gasteiger partial charge in [-0.3, -0.25) is 0 Å². The number of benzene rings is 1. The number of aliphatic hydroxyl groups is 1. The van der Waals surface area contributed by atoms with E-state index in [1.54, 1.807) is 20.8 Å². The van der Waals surface area contributed by atoms with Gasteiger partial charge >= 0.3 is 0 Å². The van der Waals surface area contributed by atoms with Gasteiger partial charge in [0, 0.05) is 11.1 Å². The zero-order valence-electron chi connectivity index (χ0n) is 12.3. The van der Waals surface area contributed by atoms with Crippen LogP contribution in [-0.4, -0.2) is 30.6 Å². The number of aliphatic hydroxyl groups excluding tert-OH is 1. The van der Waals surface area contributed by atoms with Crippen LogP contribution in [0.5, 0.6) is 0 Å². The molecule has 0 aromatic heterocycles. The molecule has 5 heteroatoms. The molecule has 0 saturated heterocycles. The molecule has 0 saturated carbocycles. The lowest BCUT2D eigenvalue weighted by Crippen LogP contribution is -2.31. The average molecular weight is 363 g/mol. The van der Waals surface area contributed by atoms with E-state index in [0.29, 0.717) is 12.8 Å². The molecule has 1 rings (SSSR count). The molecule has 1 aromatic rings. The molecule has 0 amide bonds. The third kappa shape index (κ3) is 5.19. The Bertz CT molecular complexity index is 515. The quantitative estimate of drug-likeness (QED) is 0.845. The fraction of sp³-hybridized carbons (Fsp3) is 0.600. The molecule has 1 N–H and O–H groups in total. The Morgan fingerprint density at radius 1 is 1.20 bits per heavy atom. The second-order valence-corrected chi connectivity index (χ2v) is 9.88. The Hall–Kier alpha value is -0.390. The van der Waals surface area contributed by atoms with Crippen LogP contribution in [0.15, 0.2) is 28.7 Å². The smallest absolute Gasteiger partial charge is 0.155 e. The number of sulfone groups is 1. The molecule has 0 aliphatic rings. The van der Waals surface area contributed by atoms with E-state index in [0.717, 1.165) is 10.0 Å². The van der Waals surface area contributed by atoms with Gasteiger partial charge in [-0.05, 0) is 57.2 Å². The summed E-state index contributed by atoms with van der Waals surface area (Å²) in [5.74, 6) is 0.103. The van der Waals surface area contributed by atoms with E-state index < -0.39 is 14.6 Å². The summed E-state index contributed by atoms with van der Waals surface area (Å²) in [5, 5.41) is 9.44. The Balaban J connectivity index is 2.63. The predicted molar refractivity (Wildman–Crippen MR) is 86.6 cm³/mol. The van der Waals surface area contributed by atoms with E-state index in [2.05, 4.69) is 15.9 Å². The van der Waals surface area contributed by atoms with Crippen LogP contribution < -0.4 is 0 Å². The van der Waals surface area contributed by atoms with E-state index in [1.807, 2.05) is 24.3 Å². The van der Waals surface area contributed by atoms with Crippen molar-refractivity contribution in [3.05, 3.63) is 34.3 Å². The highest BCUT2D eigenvalue weighted by atomic mass is 79.9. The summed E-state index contributed by atoms with van der Waals surface area (Å²) < 4.78 is 24.4. The summed E-state index contributed by atoms with van der Waals surface area (Å²) >= 11 is 3.38. The molecule has 0 heterocycles. The van der Waals surface area contributed by atoms with Crippen molar-refractivity contribution in [3.8, 4) is 0 Å². The summed E-state index contributed by atoms with van der Waals surface area (Å²) in [4.78, 5) is 0. The van der Waals surface area contributed by atoms with E-state index in [-0.39, 0.29) is 18.3 Å². The van der Waals surface area contributed by atoms with Crippen molar-refractivity contribution in [2.24, 2.45) is 5.92 Å². The van der Waals surface area contributed by atoms with Crippen molar-refractivity contribution >= 4 is 25.8 Å². The Kier molecular flexibility index (Phi) is 6.23. The van der Waals surface area contributed by atoms with Crippen molar-refractivity contribution < 1.29 is 13.5 Å². The van der Waals surface area contributed by atoms with E-state index in [9.17, 15) is 13.5 Å². The van der Waals surface area contributed by atoms with Gasteiger partial charge in [-0.1, -0.05) is 28.1 Å². The molecule has 1 unspecified atom stereocenters. The third-order valence-corrected chi connectivity index (χ3v) is 6.59. The lowest BCUT2D eigenvalue weighted by molar-refractivity contribution is 0.222. The van der Waals surface area contributed by atoms with Gasteiger partial charge < -0.3 is 5.11 Å². The normalized spacial score (nSPS) is 14.2. The summed E-state index contributed by atoms with van der Waals surface area (Å²) in [6.07, 6.45) is 1.19. The van der Waals surface area contributed by atoms with Crippen LogP contribution >= 0.6 is 15.9 Å². The first kappa shape index (κ1) is 17.7. The first-order valence-corrected chi connectivity index (χ1v) is 9.18. The zero-order chi connectivity index (χ0) is 15.4. The van der Waals surface area contributed by atoms with Crippen molar-refractivity contribution in [1.82, 2.24) is 0 Å². The van der Waals surface area contributed by atoms with Gasteiger partial charge in [0.05, 0.1) is 10.5 Å². The van der Waals surface area contributed by atoms with E-state index >= 15 is 0 Å². The molecule has 3 nitrogen and oxygen atoms in total. The lowest BCUT2D eigenvalue weighted by Gasteiger charge is -2.21. The first-order valence-electron chi connectivity index (χ1n) is 6.73. The van der Waals surface area contributed by atoms with Gasteiger partial charge in [0.1, 0.15) is 0 Å². The van der Waals surface area contributed by atoms with Crippen LogP contribution in [0.2, 0.25) is 0 Å². The van der Waals surface area contributed by atoms with Gasteiger partial charge in [-0.2, -0.15) is 0 Å². The molecule has 114 valence electrons. The molecule has 0 aliphatic carbocycles. The van der Waals surface area contributed by atoms with Gasteiger partial charge in [-0.15, -0.1) is 0 Å². The van der Waals surface area contributed by atoms with Gasteiger partial charge in [0.15, 0.2) is 9.84 Å². The fourth-order valence-electron chi connectivity index (χ4n) is 1.84. The van der Waals surface area contributed by atoms with Crippen molar-refractivity contribution in [2.45, 2.75) is 38.4 Å². The number of halogens is 1. The van der Waals surface area contributed by atoms with Crippen LogP contribution in [0.1, 0.15) is 32.8 Å². The van der Waals surface area contributed by atoms with Crippen molar-refractivity contribution in [2.75, 3.05) is 12.4 Å². The van der Waals surface area contributed by atoms with Crippen LogP contribution in [-0.2, 0) is 16.3 Å². The minimum Gasteiger partial charge on any atom is -0.396 e. The molecule has 1 atom stereocenters. The Labute approximate surface area is 130 Å². The van der Waals surface area contributed by atoms with E-state index in [1.165, 1.54) is 0 Å². The van der Waals surface area contributed by atoms with Crippen LogP contribution in [0.25, 0.3) is 0 Å². The summed E-state index contributed by atoms with van der Waals surface area (Å²) in [5.41, 5.74) is 1.11. The minimum absolute atomic E-state index is 0.00965. The molecule has 0 fully saturated rings. The highest BCUT2D eigenvalue weighted by molar-refractivity contribution is 9.10. The van der Waals surface area contributed by atoms with Gasteiger partial charge in [0.2, 0.25) is 0 Å². The fourth-order valence-corrected chi connectivity index (χ4v) is 3.36. The summed E-state index contributed by atoms with van der Waals surface area (Å²) in [6, 6.07) is 7.89. The monoisotopic (exact) mass is 362 g/mol. The topological polar surface area (TPSA) is 54.4 Å². The highest BCUT2D eigenvalue weighted by Crippen LogP contribution is 2.21. The zero-order valence-corrected chi connectivity index (χ0v) is 14.7. The lowest BCUT2D eigenvalue weighted by atomic mass is 9.98. The first-order chi connectivity index (χ1) is 9.15. The largest absolute Gasteiger partial charge is 0.396 e. The number of hydrogen-bond donors (Lipinski definition) is 1. The Morgan fingerprint density at radius 2 is 1.75 bits per heavy atom. The average Bonchev–Trinajstić information content (AvgIpc) is 2.35. The second kappa shape index (κ2) is 7.05. The number of rotatable bonds is 6. The maximum atomic E-state index is 12.1. The second-order valence-electron chi connectivity index (χ2n) is 6.10. The molecular formula is C15H23BrO3S. The van der Waals surface area contributed by atoms with Crippen LogP contribution in [0.3, 0.4) is 0 Å². The maximum Gasteiger partial charge on any atom is 0.155 e. The molecule has 0 aliphatic heterocycles. The Morgan fingerprint density at radius 3 is 2.20 bits per heavy atom.